The van der Waals surface area contributed by atoms with Crippen molar-refractivity contribution < 1.29 is 4.79 Å². The van der Waals surface area contributed by atoms with Crippen LogP contribution in [0.4, 0.5) is 0 Å². The Labute approximate surface area is 95.3 Å². The Morgan fingerprint density at radius 1 is 1.06 bits per heavy atom. The number of piperidine rings is 1. The van der Waals surface area contributed by atoms with Gasteiger partial charge in [0, 0.05) is 25.7 Å². The zero-order chi connectivity index (χ0) is 11.0. The fourth-order valence-electron chi connectivity index (χ4n) is 2.92. The number of hydrogen-bond acceptors (Lipinski definition) is 2. The van der Waals surface area contributed by atoms with Gasteiger partial charge >= 0.3 is 0 Å². The van der Waals surface area contributed by atoms with Crippen LogP contribution < -0.4 is 10.6 Å². The van der Waals surface area contributed by atoms with Gasteiger partial charge in [-0.3, -0.25) is 4.79 Å². The number of fused-ring (bicyclic) bond motifs is 4. The van der Waals surface area contributed by atoms with Crippen molar-refractivity contribution in [3.05, 3.63) is 35.5 Å². The summed E-state index contributed by atoms with van der Waals surface area (Å²) in [6.45, 7) is 2.76. The average molecular weight is 216 g/mol. The summed E-state index contributed by atoms with van der Waals surface area (Å²) in [5, 5.41) is 6.29. The summed E-state index contributed by atoms with van der Waals surface area (Å²) in [5.74, 6) is 1.25. The van der Waals surface area contributed by atoms with E-state index in [0.717, 1.165) is 13.1 Å². The minimum Gasteiger partial charge on any atom is -0.349 e. The summed E-state index contributed by atoms with van der Waals surface area (Å²) in [6.07, 6.45) is 9.18. The molecular formula is C13H16N2O. The van der Waals surface area contributed by atoms with Gasteiger partial charge in [-0.05, 0) is 29.4 Å². The maximum atomic E-state index is 11.4. The first-order chi connectivity index (χ1) is 7.84. The zero-order valence-electron chi connectivity index (χ0n) is 9.20. The first kappa shape index (κ1) is 9.85. The highest BCUT2D eigenvalue weighted by Gasteiger charge is 2.34. The first-order valence-electron chi connectivity index (χ1n) is 5.92. The predicted molar refractivity (Wildman–Crippen MR) is 62.8 cm³/mol. The van der Waals surface area contributed by atoms with Crippen molar-refractivity contribution in [2.75, 3.05) is 19.6 Å². The van der Waals surface area contributed by atoms with Crippen LogP contribution in [0.3, 0.4) is 0 Å². The van der Waals surface area contributed by atoms with Crippen LogP contribution in [0.1, 0.15) is 6.42 Å². The van der Waals surface area contributed by atoms with Crippen LogP contribution in [0, 0.1) is 11.8 Å². The number of nitrogens with one attached hydrogen (secondary N) is 2. The normalized spacial score (nSPS) is 32.9. The molecule has 1 saturated heterocycles. The number of carbonyl (C=O) groups is 1. The molecule has 16 heavy (non-hydrogen) atoms. The number of allylic oxidation sites excluding steroid dienone is 2. The predicted octanol–water partition coefficient (Wildman–Crippen LogP) is 0.764. The molecular weight excluding hydrogens is 200 g/mol. The van der Waals surface area contributed by atoms with Crippen molar-refractivity contribution in [1.29, 1.82) is 0 Å². The van der Waals surface area contributed by atoms with E-state index in [1.54, 1.807) is 6.08 Å². The van der Waals surface area contributed by atoms with E-state index in [9.17, 15) is 4.79 Å². The number of rotatable bonds is 0. The molecule has 0 spiro atoms. The summed E-state index contributed by atoms with van der Waals surface area (Å²) in [7, 11) is 0. The lowest BCUT2D eigenvalue weighted by Crippen LogP contribution is -2.32. The monoisotopic (exact) mass is 216 g/mol. The number of amides is 1. The second-order valence-electron chi connectivity index (χ2n) is 4.68. The van der Waals surface area contributed by atoms with Crippen LogP contribution in [0.15, 0.2) is 35.5 Å². The summed E-state index contributed by atoms with van der Waals surface area (Å²) >= 11 is 0. The van der Waals surface area contributed by atoms with Gasteiger partial charge in [-0.1, -0.05) is 18.2 Å². The molecule has 0 radical (unpaired) electrons. The molecule has 0 saturated carbocycles. The minimum atomic E-state index is 0.00723. The van der Waals surface area contributed by atoms with E-state index in [-0.39, 0.29) is 5.91 Å². The van der Waals surface area contributed by atoms with E-state index in [1.165, 1.54) is 17.6 Å². The highest BCUT2D eigenvalue weighted by molar-refractivity contribution is 5.88. The summed E-state index contributed by atoms with van der Waals surface area (Å²) < 4.78 is 0. The molecule has 2 N–H and O–H groups in total. The fraction of sp³-hybridized carbons (Fsp3) is 0.462. The standard InChI is InChI=1S/C13H16N2O/c16-13-4-3-12-10-6-9(7-14-8-10)11(12)2-1-5-15-13/h1-4,9-10,14H,5-8H2,(H,15,16). The second kappa shape index (κ2) is 3.91. The molecule has 2 atom stereocenters. The Balaban J connectivity index is 2.00. The van der Waals surface area contributed by atoms with Crippen LogP contribution in [0.5, 0.6) is 0 Å². The van der Waals surface area contributed by atoms with Gasteiger partial charge in [0.05, 0.1) is 0 Å². The van der Waals surface area contributed by atoms with Gasteiger partial charge in [-0.15, -0.1) is 0 Å². The van der Waals surface area contributed by atoms with Crippen molar-refractivity contribution in [3.8, 4) is 0 Å². The van der Waals surface area contributed by atoms with Crippen molar-refractivity contribution in [3.63, 3.8) is 0 Å². The van der Waals surface area contributed by atoms with Crippen molar-refractivity contribution >= 4 is 5.91 Å². The molecule has 2 bridgehead atoms. The van der Waals surface area contributed by atoms with E-state index in [2.05, 4.69) is 22.8 Å². The Hall–Kier alpha value is -1.35. The van der Waals surface area contributed by atoms with Crippen molar-refractivity contribution in [2.45, 2.75) is 6.42 Å². The van der Waals surface area contributed by atoms with Crippen LogP contribution in [-0.4, -0.2) is 25.5 Å². The smallest absolute Gasteiger partial charge is 0.244 e. The van der Waals surface area contributed by atoms with Crippen LogP contribution in [-0.2, 0) is 4.79 Å². The number of hydrogen-bond donors (Lipinski definition) is 2. The third kappa shape index (κ3) is 1.61. The molecule has 2 aliphatic heterocycles. The Bertz CT molecular complexity index is 406. The van der Waals surface area contributed by atoms with Gasteiger partial charge in [0.25, 0.3) is 0 Å². The third-order valence-corrected chi connectivity index (χ3v) is 3.67. The van der Waals surface area contributed by atoms with Gasteiger partial charge in [-0.2, -0.15) is 0 Å². The molecule has 0 aromatic rings. The highest BCUT2D eigenvalue weighted by Crippen LogP contribution is 2.40. The molecule has 2 heterocycles. The van der Waals surface area contributed by atoms with Gasteiger partial charge in [0.15, 0.2) is 0 Å². The van der Waals surface area contributed by atoms with Crippen LogP contribution in [0.25, 0.3) is 0 Å². The van der Waals surface area contributed by atoms with Gasteiger partial charge in [-0.25, -0.2) is 0 Å². The zero-order valence-corrected chi connectivity index (χ0v) is 9.20. The SMILES string of the molecule is O=C1C=CC2=C(C=CCN1)C1CNCC2C1. The molecule has 1 aliphatic carbocycles. The lowest BCUT2D eigenvalue weighted by Gasteiger charge is -2.21. The second-order valence-corrected chi connectivity index (χ2v) is 4.68. The molecule has 0 aromatic carbocycles. The fourth-order valence-corrected chi connectivity index (χ4v) is 2.92. The maximum Gasteiger partial charge on any atom is 0.244 e. The maximum absolute atomic E-state index is 11.4. The summed E-state index contributed by atoms with van der Waals surface area (Å²) in [6, 6.07) is 0. The van der Waals surface area contributed by atoms with Crippen LogP contribution >= 0.6 is 0 Å². The van der Waals surface area contributed by atoms with E-state index in [1.807, 2.05) is 6.08 Å². The lowest BCUT2D eigenvalue weighted by molar-refractivity contribution is -0.116. The molecule has 3 heteroatoms. The van der Waals surface area contributed by atoms with Crippen molar-refractivity contribution in [2.24, 2.45) is 11.8 Å². The molecule has 3 aliphatic rings. The van der Waals surface area contributed by atoms with Gasteiger partial charge < -0.3 is 10.6 Å². The quantitative estimate of drug-likeness (QED) is 0.628. The van der Waals surface area contributed by atoms with Crippen LogP contribution in [0.2, 0.25) is 0 Å². The van der Waals surface area contributed by atoms with Gasteiger partial charge in [0.2, 0.25) is 5.91 Å². The molecule has 84 valence electrons. The molecule has 2 unspecified atom stereocenters. The Morgan fingerprint density at radius 2 is 1.81 bits per heavy atom. The molecule has 1 fully saturated rings. The average Bonchev–Trinajstić information content (AvgIpc) is 2.58. The molecule has 3 rings (SSSR count). The van der Waals surface area contributed by atoms with Gasteiger partial charge in [0.1, 0.15) is 0 Å². The van der Waals surface area contributed by atoms with E-state index >= 15 is 0 Å². The topological polar surface area (TPSA) is 41.1 Å². The molecule has 0 aromatic heterocycles. The molecule has 3 nitrogen and oxygen atoms in total. The van der Waals surface area contributed by atoms with E-state index < -0.39 is 0 Å². The first-order valence-corrected chi connectivity index (χ1v) is 5.92. The Morgan fingerprint density at radius 3 is 2.62 bits per heavy atom. The van der Waals surface area contributed by atoms with E-state index in [0.29, 0.717) is 18.4 Å². The number of carbonyl (C=O) groups excluding carboxylic acids is 1. The van der Waals surface area contributed by atoms with E-state index in [4.69, 9.17) is 0 Å². The van der Waals surface area contributed by atoms with Crippen molar-refractivity contribution in [1.82, 2.24) is 10.6 Å². The Kier molecular flexibility index (Phi) is 2.40. The third-order valence-electron chi connectivity index (χ3n) is 3.67. The summed E-state index contributed by atoms with van der Waals surface area (Å²) in [4.78, 5) is 11.4. The highest BCUT2D eigenvalue weighted by atomic mass is 16.1. The molecule has 1 amide bonds. The largest absolute Gasteiger partial charge is 0.349 e. The minimum absolute atomic E-state index is 0.00723. The summed E-state index contributed by atoms with van der Waals surface area (Å²) in [5.41, 5.74) is 2.80. The lowest BCUT2D eigenvalue weighted by atomic mass is 9.95.